The summed E-state index contributed by atoms with van der Waals surface area (Å²) in [7, 11) is 7.41. The SMILES string of the molecule is CC(C)(C)N=C1S/C(=C\c2ccc3c(c2)CCCO3)C(=O)N1c1ccccc1.CCN=C1S/C(=C\c2ccc3c(c2)CCO3)C(=O)N1c1ccccc1C.CN(C)/N=C1\S/C(=C\c2ccc3c(c2)CCCO3)C(=O)N1c1ccccc1.CN(C)/N=C1\S/C(=C\c2ccc3c(c2)CCO3)C(=O)N1c1ccccc1. The van der Waals surface area contributed by atoms with E-state index < -0.39 is 0 Å². The normalized spacial score (nSPS) is 19.4. The van der Waals surface area contributed by atoms with Gasteiger partial charge in [-0.3, -0.25) is 48.8 Å². The lowest BCUT2D eigenvalue weighted by Crippen LogP contribution is -2.30. The Labute approximate surface area is 642 Å². The predicted octanol–water partition coefficient (Wildman–Crippen LogP) is 17.3. The molecule has 0 radical (unpaired) electrons. The molecule has 4 fully saturated rings. The van der Waals surface area contributed by atoms with E-state index in [0.29, 0.717) is 36.5 Å². The summed E-state index contributed by atoms with van der Waals surface area (Å²) in [5.74, 6) is 3.64. The van der Waals surface area contributed by atoms with Crippen LogP contribution in [0.15, 0.2) is 228 Å². The summed E-state index contributed by atoms with van der Waals surface area (Å²) in [5, 5.41) is 15.2. The third kappa shape index (κ3) is 18.1. The van der Waals surface area contributed by atoms with Gasteiger partial charge in [-0.1, -0.05) is 97.1 Å². The molecule has 546 valence electrons. The minimum Gasteiger partial charge on any atom is -0.493 e. The number of rotatable bonds is 11. The zero-order chi connectivity index (χ0) is 74.7. The Morgan fingerprint density at radius 3 is 1.09 bits per heavy atom. The fourth-order valence-corrected chi connectivity index (χ4v) is 16.9. The molecular formula is C85H84N10O8S4. The molecule has 0 aromatic heterocycles. The number of hydrogen-bond acceptors (Lipinski definition) is 18. The number of fused-ring (bicyclic) bond motifs is 4. The number of nitrogens with zero attached hydrogens (tertiary/aromatic N) is 10. The molecule has 0 spiro atoms. The third-order valence-electron chi connectivity index (χ3n) is 17.4. The standard InChI is InChI=1S/C23H24N2O2S.C21H21N3O2S.C21H20N2O2S.C20H19N3O2S/c1-23(2,3)24-22-25(18-9-5-4-6-10-18)21(26)20(28-22)15-16-11-12-19-17(14-16)8-7-13-27-19;1-23(2)22-21-24(17-8-4-3-5-9-17)20(25)19(27-21)14-15-10-11-18-16(13-15)7-6-12-26-18;1-3-22-21-23(17-7-5-4-6-14(17)2)20(24)19(26-21)13-15-8-9-18-16(12-15)10-11-25-18;1-22(2)21-20-23(16-6-4-3-5-7-16)19(24)18(26-20)13-14-8-9-17-15(12-14)10-11-25-17/h4-6,9-12,14-15H,7-8,13H2,1-3H3;3-5,8-11,13-14H,6-7,12H2,1-2H3;4-9,12-13H,3,10-11H2,1-2H3;3-9,12-13H,10-11H2,1-2H3/b20-15-,24-22?;19-14-,22-21-;19-13-,22-21?;18-13-,21-20-. The molecule has 8 aliphatic heterocycles. The lowest BCUT2D eigenvalue weighted by molar-refractivity contribution is -0.114. The summed E-state index contributed by atoms with van der Waals surface area (Å²) in [6.45, 7) is 13.8. The maximum atomic E-state index is 13.2. The van der Waals surface area contributed by atoms with E-state index in [1.165, 1.54) is 69.3 Å². The first-order valence-electron chi connectivity index (χ1n) is 35.7. The maximum Gasteiger partial charge on any atom is 0.271 e. The van der Waals surface area contributed by atoms with Gasteiger partial charge in [-0.05, 0) is 273 Å². The van der Waals surface area contributed by atoms with Gasteiger partial charge in [-0.2, -0.15) is 10.2 Å². The molecule has 8 heterocycles. The van der Waals surface area contributed by atoms with E-state index in [1.807, 2.05) is 251 Å². The van der Waals surface area contributed by atoms with Gasteiger partial charge in [0, 0.05) is 47.6 Å². The Morgan fingerprint density at radius 1 is 0.402 bits per heavy atom. The molecule has 8 aromatic carbocycles. The van der Waals surface area contributed by atoms with Crippen LogP contribution in [0, 0.1) is 6.92 Å². The van der Waals surface area contributed by atoms with E-state index in [-0.39, 0.29) is 29.2 Å². The van der Waals surface area contributed by atoms with Crippen LogP contribution in [0.5, 0.6) is 23.0 Å². The second-order valence-electron chi connectivity index (χ2n) is 27.1. The smallest absolute Gasteiger partial charge is 0.271 e. The number of thioether (sulfide) groups is 4. The molecular weight excluding hydrogens is 1420 g/mol. The van der Waals surface area contributed by atoms with Crippen molar-refractivity contribution >= 4 is 138 Å². The minimum atomic E-state index is -0.270. The summed E-state index contributed by atoms with van der Waals surface area (Å²) < 4.78 is 22.5. The number of carbonyl (C=O) groups is 4. The third-order valence-corrected chi connectivity index (χ3v) is 21.3. The molecule has 16 rings (SSSR count). The van der Waals surface area contributed by atoms with Crippen molar-refractivity contribution in [1.82, 2.24) is 10.0 Å². The average Bonchev–Trinajstić information content (AvgIpc) is 1.67. The van der Waals surface area contributed by atoms with Crippen molar-refractivity contribution in [3.05, 3.63) is 258 Å². The summed E-state index contributed by atoms with van der Waals surface area (Å²) in [4.78, 5) is 71.3. The summed E-state index contributed by atoms with van der Waals surface area (Å²) >= 11 is 5.67. The molecule has 0 saturated carbocycles. The number of amidine groups is 4. The number of benzene rings is 8. The molecule has 107 heavy (non-hydrogen) atoms. The van der Waals surface area contributed by atoms with E-state index in [9.17, 15) is 19.2 Å². The zero-order valence-corrected chi connectivity index (χ0v) is 64.6. The molecule has 0 unspecified atom stereocenters. The van der Waals surface area contributed by atoms with Crippen molar-refractivity contribution in [2.45, 2.75) is 78.7 Å². The fourth-order valence-electron chi connectivity index (χ4n) is 12.6. The highest BCUT2D eigenvalue weighted by Gasteiger charge is 2.39. The number of ether oxygens (including phenoxy) is 4. The van der Waals surface area contributed by atoms with Gasteiger partial charge in [0.15, 0.2) is 20.7 Å². The number of hydrogen-bond donors (Lipinski definition) is 0. The van der Waals surface area contributed by atoms with Crippen LogP contribution in [-0.4, -0.2) is 121 Å². The van der Waals surface area contributed by atoms with Crippen LogP contribution in [-0.2, 0) is 44.9 Å². The van der Waals surface area contributed by atoms with Crippen molar-refractivity contribution < 1.29 is 38.1 Å². The van der Waals surface area contributed by atoms with Crippen LogP contribution < -0.4 is 38.5 Å². The van der Waals surface area contributed by atoms with Crippen LogP contribution in [0.4, 0.5) is 22.7 Å². The first kappa shape index (κ1) is 74.7. The number of aryl methyl sites for hydroxylation is 3. The molecule has 4 saturated heterocycles. The van der Waals surface area contributed by atoms with Gasteiger partial charge in [-0.15, -0.1) is 0 Å². The van der Waals surface area contributed by atoms with E-state index in [0.717, 1.165) is 149 Å². The van der Waals surface area contributed by atoms with E-state index in [1.54, 1.807) is 29.6 Å². The molecule has 0 aliphatic carbocycles. The first-order valence-corrected chi connectivity index (χ1v) is 38.9. The maximum absolute atomic E-state index is 13.2. The van der Waals surface area contributed by atoms with Gasteiger partial charge in [0.2, 0.25) is 0 Å². The summed E-state index contributed by atoms with van der Waals surface area (Å²) in [6, 6.07) is 61.2. The lowest BCUT2D eigenvalue weighted by Gasteiger charge is -2.19. The van der Waals surface area contributed by atoms with Gasteiger partial charge >= 0.3 is 0 Å². The molecule has 0 atom stereocenters. The Morgan fingerprint density at radius 2 is 0.729 bits per heavy atom. The molecule has 18 nitrogen and oxygen atoms in total. The highest BCUT2D eigenvalue weighted by Crippen LogP contribution is 2.43. The molecule has 0 N–H and O–H groups in total. The number of aliphatic imine (C=N–C) groups is 2. The van der Waals surface area contributed by atoms with E-state index >= 15 is 0 Å². The topological polar surface area (TPSA) is 174 Å². The van der Waals surface area contributed by atoms with Crippen molar-refractivity contribution in [3.63, 3.8) is 0 Å². The Bertz CT molecular complexity index is 4950. The number of carbonyl (C=O) groups excluding carboxylic acids is 4. The van der Waals surface area contributed by atoms with Crippen molar-refractivity contribution in [2.24, 2.45) is 20.2 Å². The summed E-state index contributed by atoms with van der Waals surface area (Å²) in [5.41, 5.74) is 13.0. The first-order chi connectivity index (χ1) is 51.8. The quantitative estimate of drug-likeness (QED) is 0.0883. The number of hydrazone groups is 2. The highest BCUT2D eigenvalue weighted by molar-refractivity contribution is 8.20. The number of para-hydroxylation sites is 4. The molecule has 8 aliphatic rings. The van der Waals surface area contributed by atoms with Crippen LogP contribution in [0.1, 0.15) is 90.6 Å². The minimum absolute atomic E-state index is 0.0201. The van der Waals surface area contributed by atoms with Crippen LogP contribution >= 0.6 is 47.0 Å². The molecule has 4 amide bonds. The Balaban J connectivity index is 0.000000126. The molecule has 8 aromatic rings. The monoisotopic (exact) mass is 1500 g/mol. The summed E-state index contributed by atoms with van der Waals surface area (Å²) in [6.07, 6.45) is 13.7. The fraction of sp³-hybridized carbons (Fsp3) is 0.247. The van der Waals surface area contributed by atoms with Gasteiger partial charge in [-0.25, -0.2) is 0 Å². The van der Waals surface area contributed by atoms with Crippen molar-refractivity contribution in [3.8, 4) is 23.0 Å². The van der Waals surface area contributed by atoms with Gasteiger partial charge in [0.05, 0.1) is 74.3 Å². The van der Waals surface area contributed by atoms with Crippen molar-refractivity contribution in [1.29, 1.82) is 0 Å². The molecule has 22 heteroatoms. The Hall–Kier alpha value is -10.5. The zero-order valence-electron chi connectivity index (χ0n) is 61.4. The van der Waals surface area contributed by atoms with Gasteiger partial charge < -0.3 is 29.0 Å². The average molecular weight is 1500 g/mol. The number of amides is 4. The van der Waals surface area contributed by atoms with Gasteiger partial charge in [0.25, 0.3) is 23.6 Å². The second-order valence-corrected chi connectivity index (χ2v) is 31.2. The largest absolute Gasteiger partial charge is 0.493 e. The van der Waals surface area contributed by atoms with Gasteiger partial charge in [0.1, 0.15) is 23.0 Å². The van der Waals surface area contributed by atoms with E-state index in [2.05, 4.69) is 39.5 Å². The highest BCUT2D eigenvalue weighted by atomic mass is 32.2. The van der Waals surface area contributed by atoms with Crippen LogP contribution in [0.2, 0.25) is 0 Å². The predicted molar refractivity (Wildman–Crippen MR) is 442 cm³/mol. The molecule has 0 bridgehead atoms. The van der Waals surface area contributed by atoms with Crippen LogP contribution in [0.3, 0.4) is 0 Å². The second kappa shape index (κ2) is 33.9. The van der Waals surface area contributed by atoms with Crippen LogP contribution in [0.25, 0.3) is 24.3 Å². The van der Waals surface area contributed by atoms with E-state index in [4.69, 9.17) is 23.9 Å². The Kier molecular flexibility index (Phi) is 23.7. The number of anilines is 4. The van der Waals surface area contributed by atoms with Crippen molar-refractivity contribution in [2.75, 3.05) is 80.8 Å². The lowest BCUT2D eigenvalue weighted by atomic mass is 10.0.